The van der Waals surface area contributed by atoms with Crippen LogP contribution in [0.5, 0.6) is 0 Å². The predicted molar refractivity (Wildman–Crippen MR) is 95.3 cm³/mol. The lowest BCUT2D eigenvalue weighted by molar-refractivity contribution is 1.49. The second-order valence-corrected chi connectivity index (χ2v) is 7.75. The van der Waals surface area contributed by atoms with Gasteiger partial charge in [-0.2, -0.15) is 5.26 Å². The first kappa shape index (κ1) is 16.1. The van der Waals surface area contributed by atoms with Crippen molar-refractivity contribution in [2.24, 2.45) is 0 Å². The summed E-state index contributed by atoms with van der Waals surface area (Å²) in [7, 11) is 0. The van der Waals surface area contributed by atoms with Gasteiger partial charge in [0.15, 0.2) is 0 Å². The van der Waals surface area contributed by atoms with Crippen molar-refractivity contribution in [1.29, 1.82) is 5.26 Å². The quantitative estimate of drug-likeness (QED) is 0.682. The van der Waals surface area contributed by atoms with Gasteiger partial charge < -0.3 is 0 Å². The van der Waals surface area contributed by atoms with Crippen molar-refractivity contribution in [1.82, 2.24) is 0 Å². The molecule has 3 rings (SSSR count). The Kier molecular flexibility index (Phi) is 6.46. The number of nitriles is 1. The molecule has 2 heteroatoms. The van der Waals surface area contributed by atoms with Crippen molar-refractivity contribution >= 4 is 27.4 Å². The molecule has 0 amide bonds. The van der Waals surface area contributed by atoms with E-state index in [1.54, 1.807) is 6.07 Å². The lowest BCUT2D eigenvalue weighted by Gasteiger charge is -2.13. The molecule has 0 saturated carbocycles. The Bertz CT molecular complexity index is 609. The van der Waals surface area contributed by atoms with Gasteiger partial charge >= 0.3 is 14.1 Å². The van der Waals surface area contributed by atoms with Gasteiger partial charge in [-0.1, -0.05) is 104 Å². The first-order chi connectivity index (χ1) is 10.9. The highest BCUT2D eigenvalue weighted by atomic mass is 27.2. The molecule has 0 radical (unpaired) electrons. The first-order valence-corrected chi connectivity index (χ1v) is 9.05. The Hall–Kier alpha value is -2.32. The van der Waals surface area contributed by atoms with Crippen molar-refractivity contribution in [2.45, 2.75) is 6.92 Å². The fraction of sp³-hybridized carbons (Fsp3) is 0.0500. The van der Waals surface area contributed by atoms with Crippen molar-refractivity contribution in [2.75, 3.05) is 0 Å². The maximum absolute atomic E-state index is 7.32. The van der Waals surface area contributed by atoms with E-state index in [-0.39, 0.29) is 0 Å². The molecule has 0 aliphatic heterocycles. The number of rotatable bonds is 3. The SMILES string of the molecule is CC#N.c1cc[c]([Al]([c]2ccccc2)[c]2ccccc2)cc1. The molecule has 1 nitrogen and oxygen atoms in total. The minimum Gasteiger partial charge on any atom is -0.199 e. The van der Waals surface area contributed by atoms with E-state index in [9.17, 15) is 0 Å². The molecule has 0 unspecified atom stereocenters. The van der Waals surface area contributed by atoms with Crippen molar-refractivity contribution in [3.63, 3.8) is 0 Å². The Balaban J connectivity index is 0.000000545. The van der Waals surface area contributed by atoms with Crippen LogP contribution in [0.4, 0.5) is 0 Å². The van der Waals surface area contributed by atoms with Crippen LogP contribution >= 0.6 is 0 Å². The average molecular weight is 299 g/mol. The summed E-state index contributed by atoms with van der Waals surface area (Å²) in [6.07, 6.45) is 0. The maximum atomic E-state index is 7.32. The topological polar surface area (TPSA) is 23.8 Å². The van der Waals surface area contributed by atoms with Crippen LogP contribution in [0, 0.1) is 11.3 Å². The highest BCUT2D eigenvalue weighted by Crippen LogP contribution is 1.95. The van der Waals surface area contributed by atoms with Gasteiger partial charge in [-0.3, -0.25) is 0 Å². The number of nitrogens with zero attached hydrogens (tertiary/aromatic N) is 1. The molecule has 22 heavy (non-hydrogen) atoms. The monoisotopic (exact) mass is 299 g/mol. The van der Waals surface area contributed by atoms with Gasteiger partial charge in [0.25, 0.3) is 0 Å². The molecule has 106 valence electrons. The summed E-state index contributed by atoms with van der Waals surface area (Å²) in [6.45, 7) is 1.43. The highest BCUT2D eigenvalue weighted by molar-refractivity contribution is 6.95. The van der Waals surface area contributed by atoms with Crippen LogP contribution in [0.2, 0.25) is 0 Å². The van der Waals surface area contributed by atoms with E-state index in [0.717, 1.165) is 0 Å². The predicted octanol–water partition coefficient (Wildman–Crippen LogP) is 2.73. The normalized spacial score (nSPS) is 9.09. The Labute approximate surface area is 136 Å². The van der Waals surface area contributed by atoms with Gasteiger partial charge in [-0.15, -0.1) is 0 Å². The molecule has 0 N–H and O–H groups in total. The number of hydrogen-bond donors (Lipinski definition) is 0. The molecule has 0 aliphatic carbocycles. The molecular weight excluding hydrogens is 281 g/mol. The van der Waals surface area contributed by atoms with Crippen LogP contribution in [0.15, 0.2) is 91.0 Å². The summed E-state index contributed by atoms with van der Waals surface area (Å²) in [5.74, 6) is 0. The third kappa shape index (κ3) is 4.34. The Morgan fingerprint density at radius 2 is 0.818 bits per heavy atom. The number of hydrogen-bond acceptors (Lipinski definition) is 1. The molecule has 0 saturated heterocycles. The van der Waals surface area contributed by atoms with Crippen molar-refractivity contribution < 1.29 is 0 Å². The summed E-state index contributed by atoms with van der Waals surface area (Å²) in [6, 6.07) is 34.4. The zero-order valence-corrected chi connectivity index (χ0v) is 13.8. The average Bonchev–Trinajstić information content (AvgIpc) is 2.59. The van der Waals surface area contributed by atoms with Gasteiger partial charge in [-0.25, -0.2) is 0 Å². The van der Waals surface area contributed by atoms with Crippen LogP contribution in [0.1, 0.15) is 6.92 Å². The van der Waals surface area contributed by atoms with Gasteiger partial charge in [0.05, 0.1) is 6.07 Å². The summed E-state index contributed by atoms with van der Waals surface area (Å²) >= 11 is -1.31. The minimum atomic E-state index is -1.31. The Morgan fingerprint density at radius 1 is 0.591 bits per heavy atom. The fourth-order valence-electron chi connectivity index (χ4n) is 2.51. The molecule has 0 heterocycles. The molecule has 0 aromatic heterocycles. The van der Waals surface area contributed by atoms with E-state index >= 15 is 0 Å². The van der Waals surface area contributed by atoms with Crippen LogP contribution in [-0.2, 0) is 0 Å². The summed E-state index contributed by atoms with van der Waals surface area (Å²) in [4.78, 5) is 0. The van der Waals surface area contributed by atoms with Crippen LogP contribution in [-0.4, -0.2) is 14.1 Å². The second kappa shape index (κ2) is 8.86. The Morgan fingerprint density at radius 3 is 1.05 bits per heavy atom. The van der Waals surface area contributed by atoms with E-state index < -0.39 is 14.1 Å². The summed E-state index contributed by atoms with van der Waals surface area (Å²) < 4.78 is 4.42. The lowest BCUT2D eigenvalue weighted by atomic mass is 10.3. The summed E-state index contributed by atoms with van der Waals surface area (Å²) in [5, 5.41) is 7.32. The largest absolute Gasteiger partial charge is 0.383 e. The third-order valence-corrected chi connectivity index (χ3v) is 6.55. The van der Waals surface area contributed by atoms with Gasteiger partial charge in [-0.05, 0) is 0 Å². The molecule has 0 aliphatic rings. The zero-order chi connectivity index (χ0) is 15.6. The van der Waals surface area contributed by atoms with Crippen molar-refractivity contribution in [3.05, 3.63) is 91.0 Å². The molecule has 0 fully saturated rings. The smallest absolute Gasteiger partial charge is 0.199 e. The van der Waals surface area contributed by atoms with Gasteiger partial charge in [0, 0.05) is 6.92 Å². The van der Waals surface area contributed by atoms with E-state index in [1.807, 2.05) is 0 Å². The number of benzene rings is 3. The van der Waals surface area contributed by atoms with E-state index in [1.165, 1.54) is 20.2 Å². The van der Waals surface area contributed by atoms with E-state index in [2.05, 4.69) is 91.0 Å². The first-order valence-electron chi connectivity index (χ1n) is 7.32. The van der Waals surface area contributed by atoms with Crippen LogP contribution < -0.4 is 13.3 Å². The lowest BCUT2D eigenvalue weighted by Crippen LogP contribution is -2.51. The van der Waals surface area contributed by atoms with E-state index in [0.29, 0.717) is 0 Å². The molecule has 3 aromatic carbocycles. The summed E-state index contributed by atoms with van der Waals surface area (Å²) in [5.41, 5.74) is 0. The maximum Gasteiger partial charge on any atom is 0.383 e. The molecular formula is C20H18AlN. The molecule has 0 bridgehead atoms. The van der Waals surface area contributed by atoms with Crippen LogP contribution in [0.25, 0.3) is 0 Å². The standard InChI is InChI=1S/3C6H5.C2H3N.Al/c3*1-2-4-6-5-3-1;1-2-3;/h3*1-5H;1H3;. The van der Waals surface area contributed by atoms with Crippen molar-refractivity contribution in [3.8, 4) is 6.07 Å². The van der Waals surface area contributed by atoms with Gasteiger partial charge in [0.1, 0.15) is 0 Å². The fourth-order valence-corrected chi connectivity index (χ4v) is 5.49. The van der Waals surface area contributed by atoms with Crippen LogP contribution in [0.3, 0.4) is 0 Å². The second-order valence-electron chi connectivity index (χ2n) is 4.89. The zero-order valence-electron chi connectivity index (χ0n) is 12.7. The minimum absolute atomic E-state index is 1.31. The third-order valence-electron chi connectivity index (χ3n) is 3.40. The van der Waals surface area contributed by atoms with Gasteiger partial charge in [0.2, 0.25) is 0 Å². The molecule has 3 aromatic rings. The highest BCUT2D eigenvalue weighted by Gasteiger charge is 2.23. The molecule has 0 atom stereocenters. The molecule has 0 spiro atoms. The van der Waals surface area contributed by atoms with E-state index in [4.69, 9.17) is 5.26 Å².